The summed E-state index contributed by atoms with van der Waals surface area (Å²) in [5, 5.41) is 7.18. The van der Waals surface area contributed by atoms with Gasteiger partial charge in [-0.15, -0.1) is 47.0 Å². The van der Waals surface area contributed by atoms with E-state index in [4.69, 9.17) is 0 Å². The average molecular weight is 897 g/mol. The maximum Gasteiger partial charge on any atom is 0.266 e. The zero-order valence-electron chi connectivity index (χ0n) is 35.5. The van der Waals surface area contributed by atoms with Crippen molar-refractivity contribution in [2.45, 2.75) is 98.6 Å². The molecule has 0 N–H and O–H groups in total. The monoisotopic (exact) mass is 896 g/mol. The fourth-order valence-corrected chi connectivity index (χ4v) is 13.5. The standard InChI is InChI=1S/C50H48N4O4S4/c1-5-9-21-59-35-25-31-39-32(48(56)53(47(31)55)29-13-17-51-18-14-29)27-37(61-23-11-7-3)43-44-38(62-24-12-8-4)28-34-40-33(49(57)54(50(34)58)30-15-19-52-20-16-30)26-36(60-22-10-6-2)42(46(40)44)41(35)45(39)43/h13-20,25-28H,5-12,21-24H2,1-4H3. The molecule has 5 aromatic carbocycles. The number of unbranched alkanes of at least 4 members (excludes halogenated alkanes) is 4. The molecule has 9 rings (SSSR count). The van der Waals surface area contributed by atoms with Gasteiger partial charge in [0.2, 0.25) is 0 Å². The lowest BCUT2D eigenvalue weighted by Gasteiger charge is -2.33. The molecule has 7 aromatic rings. The molecule has 4 amide bonds. The molecule has 0 fully saturated rings. The lowest BCUT2D eigenvalue weighted by molar-refractivity contribution is 0.0877. The minimum absolute atomic E-state index is 0.353. The fraction of sp³-hybridized carbons (Fsp3) is 0.320. The van der Waals surface area contributed by atoms with Gasteiger partial charge in [-0.1, -0.05) is 53.4 Å². The predicted molar refractivity (Wildman–Crippen MR) is 261 cm³/mol. The summed E-state index contributed by atoms with van der Waals surface area (Å²) < 4.78 is 0. The SMILES string of the molecule is CCCCSc1cc2c3c(cc(SCCCC)c4c5c(SCCCC)cc6c7c(cc(SCCCC)c(c1c34)c75)C(=O)N(c1ccncc1)C6=O)C(=O)N(c1ccncc1)C2=O. The van der Waals surface area contributed by atoms with Crippen molar-refractivity contribution in [2.24, 2.45) is 0 Å². The van der Waals surface area contributed by atoms with E-state index in [9.17, 15) is 19.2 Å². The highest BCUT2D eigenvalue weighted by molar-refractivity contribution is 8.00. The second kappa shape index (κ2) is 18.2. The van der Waals surface area contributed by atoms with Crippen LogP contribution in [0.4, 0.5) is 11.4 Å². The molecule has 8 nitrogen and oxygen atoms in total. The Labute approximate surface area is 379 Å². The average Bonchev–Trinajstić information content (AvgIpc) is 3.28. The Morgan fingerprint density at radius 1 is 0.387 bits per heavy atom. The van der Waals surface area contributed by atoms with Crippen LogP contribution in [0.15, 0.2) is 92.9 Å². The molecule has 316 valence electrons. The smallest absolute Gasteiger partial charge is 0.266 e. The first kappa shape index (κ1) is 42.7. The van der Waals surface area contributed by atoms with E-state index in [2.05, 4.69) is 37.7 Å². The molecular weight excluding hydrogens is 849 g/mol. The lowest BCUT2D eigenvalue weighted by Crippen LogP contribution is -2.41. The Kier molecular flexibility index (Phi) is 12.5. The predicted octanol–water partition coefficient (Wildman–Crippen LogP) is 13.7. The quantitative estimate of drug-likeness (QED) is 0.0272. The minimum atomic E-state index is -0.353. The Morgan fingerprint density at radius 2 is 0.645 bits per heavy atom. The van der Waals surface area contributed by atoms with Crippen LogP contribution in [-0.4, -0.2) is 56.6 Å². The second-order valence-corrected chi connectivity index (χ2v) is 20.3. The summed E-state index contributed by atoms with van der Waals surface area (Å²) in [4.78, 5) is 74.8. The fourth-order valence-electron chi connectivity index (χ4n) is 8.72. The maximum atomic E-state index is 15.0. The zero-order chi connectivity index (χ0) is 43.1. The number of nitrogens with zero attached hydrogens (tertiary/aromatic N) is 4. The molecule has 4 heterocycles. The number of rotatable bonds is 18. The highest BCUT2D eigenvalue weighted by atomic mass is 32.2. The van der Waals surface area contributed by atoms with Crippen LogP contribution in [0, 0.1) is 0 Å². The van der Waals surface area contributed by atoms with Gasteiger partial charge in [-0.25, -0.2) is 9.80 Å². The minimum Gasteiger partial charge on any atom is -0.268 e. The third kappa shape index (κ3) is 7.15. The molecule has 0 bridgehead atoms. The number of benzene rings is 5. The van der Waals surface area contributed by atoms with Crippen molar-refractivity contribution < 1.29 is 19.2 Å². The summed E-state index contributed by atoms with van der Waals surface area (Å²) in [5.74, 6) is 1.94. The van der Waals surface area contributed by atoms with E-state index in [1.807, 2.05) is 24.3 Å². The summed E-state index contributed by atoms with van der Waals surface area (Å²) in [6, 6.07) is 15.0. The lowest BCUT2D eigenvalue weighted by atomic mass is 9.82. The van der Waals surface area contributed by atoms with Gasteiger partial charge in [0.15, 0.2) is 0 Å². The number of fused-ring (bicyclic) bond motifs is 2. The molecule has 0 saturated heterocycles. The van der Waals surface area contributed by atoms with Gasteiger partial charge in [-0.3, -0.25) is 29.1 Å². The largest absolute Gasteiger partial charge is 0.268 e. The summed E-state index contributed by atoms with van der Waals surface area (Å²) in [6.07, 6.45) is 14.4. The highest BCUT2D eigenvalue weighted by Crippen LogP contribution is 2.56. The van der Waals surface area contributed by atoms with Gasteiger partial charge in [0.05, 0.1) is 33.6 Å². The van der Waals surface area contributed by atoms with Crippen LogP contribution in [0.1, 0.15) is 120 Å². The van der Waals surface area contributed by atoms with Crippen LogP contribution in [-0.2, 0) is 0 Å². The first-order chi connectivity index (χ1) is 30.3. The normalized spacial score (nSPS) is 13.9. The highest BCUT2D eigenvalue weighted by Gasteiger charge is 2.41. The number of imide groups is 2. The van der Waals surface area contributed by atoms with Crippen LogP contribution in [0.25, 0.3) is 43.1 Å². The molecular formula is C50H48N4O4S4. The Hall–Kier alpha value is -4.62. The molecule has 2 aliphatic heterocycles. The van der Waals surface area contributed by atoms with E-state index in [0.29, 0.717) is 44.4 Å². The molecule has 0 aliphatic carbocycles. The number of carbonyl (C=O) groups is 4. The summed E-state index contributed by atoms with van der Waals surface area (Å²) in [7, 11) is 0. The van der Waals surface area contributed by atoms with Crippen molar-refractivity contribution in [3.05, 3.63) is 95.6 Å². The van der Waals surface area contributed by atoms with Gasteiger partial charge in [0, 0.05) is 87.5 Å². The van der Waals surface area contributed by atoms with Gasteiger partial charge in [0.25, 0.3) is 23.6 Å². The number of amides is 4. The topological polar surface area (TPSA) is 101 Å². The van der Waals surface area contributed by atoms with E-state index < -0.39 is 0 Å². The van der Waals surface area contributed by atoms with Crippen molar-refractivity contribution in [3.8, 4) is 0 Å². The van der Waals surface area contributed by atoms with Crippen LogP contribution in [0.2, 0.25) is 0 Å². The number of aromatic nitrogens is 2. The van der Waals surface area contributed by atoms with E-state index in [-0.39, 0.29) is 23.6 Å². The number of hydrogen-bond donors (Lipinski definition) is 0. The number of thioether (sulfide) groups is 4. The molecule has 2 aliphatic rings. The molecule has 62 heavy (non-hydrogen) atoms. The van der Waals surface area contributed by atoms with E-state index in [0.717, 1.165) is 126 Å². The Morgan fingerprint density at radius 3 is 0.887 bits per heavy atom. The molecule has 0 unspecified atom stereocenters. The van der Waals surface area contributed by atoms with Crippen molar-refractivity contribution in [3.63, 3.8) is 0 Å². The first-order valence-electron chi connectivity index (χ1n) is 21.8. The van der Waals surface area contributed by atoms with Crippen molar-refractivity contribution in [2.75, 3.05) is 32.8 Å². The van der Waals surface area contributed by atoms with Crippen LogP contribution < -0.4 is 9.80 Å². The van der Waals surface area contributed by atoms with Crippen molar-refractivity contribution in [1.29, 1.82) is 0 Å². The number of carbonyl (C=O) groups excluding carboxylic acids is 4. The van der Waals surface area contributed by atoms with Crippen LogP contribution >= 0.6 is 47.0 Å². The van der Waals surface area contributed by atoms with Gasteiger partial charge in [-0.05, 0) is 97.2 Å². The van der Waals surface area contributed by atoms with Crippen molar-refractivity contribution >= 4 is 125 Å². The molecule has 0 radical (unpaired) electrons. The van der Waals surface area contributed by atoms with E-state index in [1.54, 1.807) is 96.1 Å². The van der Waals surface area contributed by atoms with Crippen molar-refractivity contribution in [1.82, 2.24) is 9.97 Å². The van der Waals surface area contributed by atoms with Gasteiger partial charge < -0.3 is 0 Å². The second-order valence-electron chi connectivity index (χ2n) is 15.8. The maximum absolute atomic E-state index is 15.0. The number of anilines is 2. The van der Waals surface area contributed by atoms with Crippen LogP contribution in [0.3, 0.4) is 0 Å². The third-order valence-corrected chi connectivity index (χ3v) is 16.3. The molecule has 0 atom stereocenters. The molecule has 12 heteroatoms. The number of pyridine rings is 2. The summed E-state index contributed by atoms with van der Waals surface area (Å²) >= 11 is 7.00. The van der Waals surface area contributed by atoms with Crippen LogP contribution in [0.5, 0.6) is 0 Å². The molecule has 0 saturated carbocycles. The Bertz CT molecular complexity index is 2560. The number of hydrogen-bond acceptors (Lipinski definition) is 10. The van der Waals surface area contributed by atoms with Gasteiger partial charge in [-0.2, -0.15) is 0 Å². The van der Waals surface area contributed by atoms with Gasteiger partial charge in [0.1, 0.15) is 0 Å². The molecule has 2 aromatic heterocycles. The summed E-state index contributed by atoms with van der Waals surface area (Å²) in [6.45, 7) is 8.73. The zero-order valence-corrected chi connectivity index (χ0v) is 38.7. The third-order valence-electron chi connectivity index (χ3n) is 11.8. The first-order valence-corrected chi connectivity index (χ1v) is 25.7. The van der Waals surface area contributed by atoms with Gasteiger partial charge >= 0.3 is 0 Å². The Balaban J connectivity index is 1.50. The summed E-state index contributed by atoms with van der Waals surface area (Å²) in [5.41, 5.74) is 3.00. The van der Waals surface area contributed by atoms with E-state index >= 15 is 0 Å². The van der Waals surface area contributed by atoms with E-state index in [1.165, 1.54) is 9.80 Å². The molecule has 0 spiro atoms.